The lowest BCUT2D eigenvalue weighted by Crippen LogP contribution is -2.25. The van der Waals surface area contributed by atoms with Crippen LogP contribution >= 0.6 is 11.6 Å². The van der Waals surface area contributed by atoms with Crippen LogP contribution in [0.15, 0.2) is 18.2 Å². The smallest absolute Gasteiger partial charge is 0.143 e. The van der Waals surface area contributed by atoms with Crippen LogP contribution in [-0.2, 0) is 16.0 Å². The minimum Gasteiger partial charge on any atom is -0.377 e. The first-order valence-corrected chi connectivity index (χ1v) is 6.58. The highest BCUT2D eigenvalue weighted by atomic mass is 35.5. The van der Waals surface area contributed by atoms with Crippen molar-refractivity contribution in [3.8, 4) is 0 Å². The number of benzene rings is 1. The predicted octanol–water partition coefficient (Wildman–Crippen LogP) is 3.41. The molecule has 18 heavy (non-hydrogen) atoms. The Bertz CT molecular complexity index is 447. The van der Waals surface area contributed by atoms with Gasteiger partial charge in [-0.3, -0.25) is 4.79 Å². The van der Waals surface area contributed by atoms with Gasteiger partial charge in [0, 0.05) is 24.0 Å². The van der Waals surface area contributed by atoms with Gasteiger partial charge in [-0.25, -0.2) is 4.39 Å². The van der Waals surface area contributed by atoms with Crippen LogP contribution in [0.2, 0.25) is 5.02 Å². The summed E-state index contributed by atoms with van der Waals surface area (Å²) in [6.45, 7) is 2.64. The third-order valence-corrected chi connectivity index (χ3v) is 3.77. The van der Waals surface area contributed by atoms with E-state index in [4.69, 9.17) is 16.3 Å². The van der Waals surface area contributed by atoms with Crippen LogP contribution in [0.25, 0.3) is 0 Å². The number of ketones is 1. The first kappa shape index (κ1) is 13.5. The molecule has 2 nitrogen and oxygen atoms in total. The molecule has 0 saturated carbocycles. The predicted molar refractivity (Wildman–Crippen MR) is 68.3 cm³/mol. The van der Waals surface area contributed by atoms with Crippen LogP contribution < -0.4 is 0 Å². The van der Waals surface area contributed by atoms with E-state index in [1.165, 1.54) is 18.2 Å². The van der Waals surface area contributed by atoms with Crippen LogP contribution in [-0.4, -0.2) is 18.5 Å². The lowest BCUT2D eigenvalue weighted by Gasteiger charge is -2.15. The summed E-state index contributed by atoms with van der Waals surface area (Å²) in [6, 6.07) is 4.11. The summed E-state index contributed by atoms with van der Waals surface area (Å²) < 4.78 is 18.6. The van der Waals surface area contributed by atoms with Crippen molar-refractivity contribution in [2.75, 3.05) is 6.61 Å². The summed E-state index contributed by atoms with van der Waals surface area (Å²) >= 11 is 5.97. The van der Waals surface area contributed by atoms with Gasteiger partial charge in [0.15, 0.2) is 0 Å². The van der Waals surface area contributed by atoms with Crippen molar-refractivity contribution in [1.82, 2.24) is 0 Å². The van der Waals surface area contributed by atoms with Crippen LogP contribution in [0.4, 0.5) is 4.39 Å². The molecule has 0 aromatic heterocycles. The molecule has 0 bridgehead atoms. The maximum atomic E-state index is 13.1. The van der Waals surface area contributed by atoms with Crippen LogP contribution in [0.5, 0.6) is 0 Å². The normalized spacial score (nSPS) is 23.3. The number of Topliss-reactive ketones (excluding diaryl/α,β-unsaturated/α-hetero) is 1. The molecule has 0 N–H and O–H groups in total. The van der Waals surface area contributed by atoms with E-state index in [1.807, 2.05) is 6.92 Å². The Hall–Kier alpha value is -0.930. The topological polar surface area (TPSA) is 26.3 Å². The molecule has 0 aliphatic carbocycles. The molecule has 98 valence electrons. The quantitative estimate of drug-likeness (QED) is 0.838. The Balaban J connectivity index is 2.09. The molecule has 1 saturated heterocycles. The third kappa shape index (κ3) is 2.90. The SMILES string of the molecule is CCC1OCCC1C(=O)Cc1cc(F)ccc1Cl. The molecule has 1 heterocycles. The summed E-state index contributed by atoms with van der Waals surface area (Å²) in [5, 5.41) is 0.441. The monoisotopic (exact) mass is 270 g/mol. The van der Waals surface area contributed by atoms with Gasteiger partial charge in [0.2, 0.25) is 0 Å². The first-order chi connectivity index (χ1) is 8.61. The number of halogens is 2. The lowest BCUT2D eigenvalue weighted by molar-refractivity contribution is -0.123. The van der Waals surface area contributed by atoms with E-state index in [9.17, 15) is 9.18 Å². The van der Waals surface area contributed by atoms with Crippen molar-refractivity contribution in [3.63, 3.8) is 0 Å². The summed E-state index contributed by atoms with van der Waals surface area (Å²) in [5.74, 6) is -0.349. The molecule has 0 radical (unpaired) electrons. The third-order valence-electron chi connectivity index (χ3n) is 3.40. The van der Waals surface area contributed by atoms with Crippen molar-refractivity contribution in [2.24, 2.45) is 5.92 Å². The Morgan fingerprint density at radius 3 is 3.06 bits per heavy atom. The summed E-state index contributed by atoms with van der Waals surface area (Å²) in [7, 11) is 0. The molecule has 0 amide bonds. The van der Waals surface area contributed by atoms with Crippen molar-refractivity contribution in [2.45, 2.75) is 32.3 Å². The van der Waals surface area contributed by atoms with E-state index >= 15 is 0 Å². The highest BCUT2D eigenvalue weighted by Crippen LogP contribution is 2.27. The number of ether oxygens (including phenoxy) is 1. The number of hydrogen-bond donors (Lipinski definition) is 0. The van der Waals surface area contributed by atoms with Gasteiger partial charge >= 0.3 is 0 Å². The Morgan fingerprint density at radius 1 is 1.56 bits per heavy atom. The highest BCUT2D eigenvalue weighted by molar-refractivity contribution is 6.31. The second kappa shape index (κ2) is 5.81. The maximum Gasteiger partial charge on any atom is 0.143 e. The Morgan fingerprint density at radius 2 is 2.33 bits per heavy atom. The van der Waals surface area contributed by atoms with Crippen LogP contribution in [0, 0.1) is 11.7 Å². The van der Waals surface area contributed by atoms with Crippen molar-refractivity contribution in [1.29, 1.82) is 0 Å². The summed E-state index contributed by atoms with van der Waals surface area (Å²) in [6.07, 6.45) is 1.77. The van der Waals surface area contributed by atoms with Gasteiger partial charge in [0.05, 0.1) is 6.10 Å². The average Bonchev–Trinajstić information content (AvgIpc) is 2.82. The van der Waals surface area contributed by atoms with E-state index in [2.05, 4.69) is 0 Å². The van der Waals surface area contributed by atoms with Gasteiger partial charge in [-0.1, -0.05) is 18.5 Å². The molecule has 2 unspecified atom stereocenters. The Kier molecular flexibility index (Phi) is 4.36. The number of rotatable bonds is 4. The lowest BCUT2D eigenvalue weighted by atomic mass is 9.91. The van der Waals surface area contributed by atoms with Gasteiger partial charge in [-0.15, -0.1) is 0 Å². The summed E-state index contributed by atoms with van der Waals surface area (Å²) in [5.41, 5.74) is 0.559. The maximum absolute atomic E-state index is 13.1. The van der Waals surface area contributed by atoms with Crippen molar-refractivity contribution < 1.29 is 13.9 Å². The molecule has 1 fully saturated rings. The van der Waals surface area contributed by atoms with Gasteiger partial charge < -0.3 is 4.74 Å². The molecule has 1 aromatic rings. The minimum absolute atomic E-state index is 0.00448. The van der Waals surface area contributed by atoms with Crippen molar-refractivity contribution >= 4 is 17.4 Å². The number of carbonyl (C=O) groups excluding carboxylic acids is 1. The van der Waals surface area contributed by atoms with E-state index in [-0.39, 0.29) is 30.0 Å². The molecule has 0 spiro atoms. The first-order valence-electron chi connectivity index (χ1n) is 6.20. The minimum atomic E-state index is -0.364. The fourth-order valence-electron chi connectivity index (χ4n) is 2.42. The number of hydrogen-bond acceptors (Lipinski definition) is 2. The zero-order valence-corrected chi connectivity index (χ0v) is 11.0. The fourth-order valence-corrected chi connectivity index (χ4v) is 2.60. The Labute approximate surface area is 111 Å². The molecule has 1 aliphatic heterocycles. The molecular weight excluding hydrogens is 255 g/mol. The van der Waals surface area contributed by atoms with E-state index in [0.717, 1.165) is 12.8 Å². The van der Waals surface area contributed by atoms with Crippen LogP contribution in [0.1, 0.15) is 25.3 Å². The molecule has 1 aliphatic rings. The highest BCUT2D eigenvalue weighted by Gasteiger charge is 2.32. The average molecular weight is 271 g/mol. The largest absolute Gasteiger partial charge is 0.377 e. The van der Waals surface area contributed by atoms with Gasteiger partial charge in [0.1, 0.15) is 11.6 Å². The standard InChI is InChI=1S/C14H16ClFO2/c1-2-14-11(5-6-18-14)13(17)8-9-7-10(16)3-4-12(9)15/h3-4,7,11,14H,2,5-6,8H2,1H3. The molecule has 2 rings (SSSR count). The van der Waals surface area contributed by atoms with Crippen molar-refractivity contribution in [3.05, 3.63) is 34.6 Å². The van der Waals surface area contributed by atoms with Gasteiger partial charge in [0.25, 0.3) is 0 Å². The van der Waals surface area contributed by atoms with Crippen LogP contribution in [0.3, 0.4) is 0 Å². The molecule has 2 atom stereocenters. The number of carbonyl (C=O) groups is 1. The van der Waals surface area contributed by atoms with E-state index in [0.29, 0.717) is 17.2 Å². The van der Waals surface area contributed by atoms with E-state index < -0.39 is 0 Å². The second-order valence-electron chi connectivity index (χ2n) is 4.59. The second-order valence-corrected chi connectivity index (χ2v) is 5.00. The molecule has 4 heteroatoms. The zero-order valence-electron chi connectivity index (χ0n) is 10.3. The van der Waals surface area contributed by atoms with Gasteiger partial charge in [-0.2, -0.15) is 0 Å². The fraction of sp³-hybridized carbons (Fsp3) is 0.500. The van der Waals surface area contributed by atoms with E-state index in [1.54, 1.807) is 0 Å². The van der Waals surface area contributed by atoms with Gasteiger partial charge in [-0.05, 0) is 36.6 Å². The molecule has 1 aromatic carbocycles. The summed E-state index contributed by atoms with van der Waals surface area (Å²) in [4.78, 5) is 12.2. The zero-order chi connectivity index (χ0) is 13.1. The molecular formula is C14H16ClFO2.